The summed E-state index contributed by atoms with van der Waals surface area (Å²) in [6.45, 7) is 0. The van der Waals surface area contributed by atoms with Crippen molar-refractivity contribution in [3.05, 3.63) is 18.4 Å². The van der Waals surface area contributed by atoms with Crippen LogP contribution < -0.4 is 5.73 Å². The molecule has 0 bridgehead atoms. The standard InChI is InChI=1S/C4H5N3O/c5-4(6)3-1-8-2-7-3/h1-2H,(H3,5,6). The molecule has 42 valence electrons. The van der Waals surface area contributed by atoms with Crippen LogP contribution in [0.1, 0.15) is 5.69 Å². The first-order chi connectivity index (χ1) is 3.80. The van der Waals surface area contributed by atoms with Crippen LogP contribution in [0.3, 0.4) is 0 Å². The quantitative estimate of drug-likeness (QED) is 0.394. The molecular weight excluding hydrogens is 106 g/mol. The van der Waals surface area contributed by atoms with Crippen LogP contribution in [0.25, 0.3) is 0 Å². The Morgan fingerprint density at radius 1 is 1.88 bits per heavy atom. The molecular formula is C4H5N3O. The van der Waals surface area contributed by atoms with Gasteiger partial charge in [0.2, 0.25) is 0 Å². The van der Waals surface area contributed by atoms with Gasteiger partial charge in [0.1, 0.15) is 17.8 Å². The Hall–Kier alpha value is -1.32. The fourth-order valence-electron chi connectivity index (χ4n) is 0.346. The molecule has 0 radical (unpaired) electrons. The van der Waals surface area contributed by atoms with Gasteiger partial charge in [-0.05, 0) is 0 Å². The van der Waals surface area contributed by atoms with E-state index in [-0.39, 0.29) is 5.84 Å². The first-order valence-corrected chi connectivity index (χ1v) is 2.03. The van der Waals surface area contributed by atoms with Gasteiger partial charge in [-0.1, -0.05) is 0 Å². The molecule has 0 saturated carbocycles. The lowest BCUT2D eigenvalue weighted by Gasteiger charge is -1.82. The van der Waals surface area contributed by atoms with Crippen LogP contribution in [-0.2, 0) is 0 Å². The maximum atomic E-state index is 6.81. The maximum absolute atomic E-state index is 6.81. The van der Waals surface area contributed by atoms with Gasteiger partial charge in [-0.2, -0.15) is 0 Å². The zero-order valence-corrected chi connectivity index (χ0v) is 4.09. The summed E-state index contributed by atoms with van der Waals surface area (Å²) < 4.78 is 4.54. The topological polar surface area (TPSA) is 75.9 Å². The van der Waals surface area contributed by atoms with Crippen molar-refractivity contribution in [1.29, 1.82) is 5.41 Å². The Kier molecular flexibility index (Phi) is 0.997. The summed E-state index contributed by atoms with van der Waals surface area (Å²) in [6.07, 6.45) is 2.55. The predicted molar refractivity (Wildman–Crippen MR) is 27.5 cm³/mol. The van der Waals surface area contributed by atoms with Gasteiger partial charge in [0, 0.05) is 0 Å². The third-order valence-corrected chi connectivity index (χ3v) is 0.708. The number of nitrogens with two attached hydrogens (primary N) is 1. The van der Waals surface area contributed by atoms with Crippen LogP contribution in [0.2, 0.25) is 0 Å². The Morgan fingerprint density at radius 2 is 2.62 bits per heavy atom. The minimum atomic E-state index is -0.0706. The number of hydrogen-bond donors (Lipinski definition) is 2. The average Bonchev–Trinajstić information content (AvgIpc) is 2.12. The van der Waals surface area contributed by atoms with Crippen molar-refractivity contribution in [1.82, 2.24) is 4.98 Å². The molecule has 1 aromatic heterocycles. The molecule has 4 nitrogen and oxygen atoms in total. The van der Waals surface area contributed by atoms with E-state index in [0.29, 0.717) is 5.69 Å². The summed E-state index contributed by atoms with van der Waals surface area (Å²) in [6, 6.07) is 0. The van der Waals surface area contributed by atoms with Crippen LogP contribution in [-0.4, -0.2) is 10.8 Å². The highest BCUT2D eigenvalue weighted by atomic mass is 16.3. The number of rotatable bonds is 1. The molecule has 1 rings (SSSR count). The molecule has 1 heterocycles. The van der Waals surface area contributed by atoms with Crippen molar-refractivity contribution >= 4 is 5.84 Å². The number of aromatic nitrogens is 1. The van der Waals surface area contributed by atoms with Gasteiger partial charge in [-0.15, -0.1) is 0 Å². The smallest absolute Gasteiger partial charge is 0.181 e. The SMILES string of the molecule is N=C(N)c1cocn1. The van der Waals surface area contributed by atoms with Crippen molar-refractivity contribution in [2.45, 2.75) is 0 Å². The zero-order valence-electron chi connectivity index (χ0n) is 4.09. The third kappa shape index (κ3) is 0.676. The van der Waals surface area contributed by atoms with Crippen molar-refractivity contribution in [2.75, 3.05) is 0 Å². The molecule has 1 aromatic rings. The minimum Gasteiger partial charge on any atom is -0.451 e. The van der Waals surface area contributed by atoms with E-state index < -0.39 is 0 Å². The fourth-order valence-corrected chi connectivity index (χ4v) is 0.346. The van der Waals surface area contributed by atoms with Gasteiger partial charge in [0.15, 0.2) is 6.39 Å². The molecule has 0 amide bonds. The van der Waals surface area contributed by atoms with Gasteiger partial charge in [-0.25, -0.2) is 4.98 Å². The summed E-state index contributed by atoms with van der Waals surface area (Å²) in [7, 11) is 0. The Morgan fingerprint density at radius 3 is 2.88 bits per heavy atom. The lowest BCUT2D eigenvalue weighted by atomic mass is 10.5. The number of nitrogen functional groups attached to an aromatic ring is 1. The van der Waals surface area contributed by atoms with E-state index in [2.05, 4.69) is 9.40 Å². The summed E-state index contributed by atoms with van der Waals surface area (Å²) in [4.78, 5) is 3.60. The van der Waals surface area contributed by atoms with Crippen LogP contribution in [0.4, 0.5) is 0 Å². The van der Waals surface area contributed by atoms with Crippen molar-refractivity contribution in [3.63, 3.8) is 0 Å². The molecule has 0 spiro atoms. The number of nitrogens with one attached hydrogen (secondary N) is 1. The largest absolute Gasteiger partial charge is 0.451 e. The maximum Gasteiger partial charge on any atom is 0.181 e. The first-order valence-electron chi connectivity index (χ1n) is 2.03. The highest BCUT2D eigenvalue weighted by molar-refractivity contribution is 5.92. The van der Waals surface area contributed by atoms with E-state index in [1.165, 1.54) is 12.7 Å². The second-order valence-corrected chi connectivity index (χ2v) is 1.29. The third-order valence-electron chi connectivity index (χ3n) is 0.708. The lowest BCUT2D eigenvalue weighted by molar-refractivity contribution is 0.557. The molecule has 0 unspecified atom stereocenters. The first kappa shape index (κ1) is 4.83. The molecule has 0 atom stereocenters. The van der Waals surface area contributed by atoms with E-state index in [1.807, 2.05) is 0 Å². The Bertz CT molecular complexity index is 179. The average molecular weight is 111 g/mol. The molecule has 0 aliphatic carbocycles. The minimum absolute atomic E-state index is 0.0706. The highest BCUT2D eigenvalue weighted by Gasteiger charge is 1.95. The molecule has 4 heteroatoms. The number of oxazole rings is 1. The van der Waals surface area contributed by atoms with Crippen LogP contribution >= 0.6 is 0 Å². The van der Waals surface area contributed by atoms with E-state index in [9.17, 15) is 0 Å². The normalized spacial score (nSPS) is 9.00. The summed E-state index contributed by atoms with van der Waals surface area (Å²) in [5.41, 5.74) is 5.40. The van der Waals surface area contributed by atoms with Crippen LogP contribution in [0.15, 0.2) is 17.1 Å². The van der Waals surface area contributed by atoms with E-state index >= 15 is 0 Å². The van der Waals surface area contributed by atoms with Crippen LogP contribution in [0, 0.1) is 5.41 Å². The Labute approximate surface area is 45.8 Å². The molecule has 3 N–H and O–H groups in total. The monoisotopic (exact) mass is 111 g/mol. The summed E-state index contributed by atoms with van der Waals surface area (Å²) in [5.74, 6) is -0.0706. The van der Waals surface area contributed by atoms with Gasteiger partial charge >= 0.3 is 0 Å². The van der Waals surface area contributed by atoms with Gasteiger partial charge in [0.25, 0.3) is 0 Å². The van der Waals surface area contributed by atoms with E-state index in [0.717, 1.165) is 0 Å². The van der Waals surface area contributed by atoms with Gasteiger partial charge in [-0.3, -0.25) is 5.41 Å². The lowest BCUT2D eigenvalue weighted by Crippen LogP contribution is -2.10. The van der Waals surface area contributed by atoms with Crippen molar-refractivity contribution in [3.8, 4) is 0 Å². The predicted octanol–water partition coefficient (Wildman–Crippen LogP) is -0.0413. The summed E-state index contributed by atoms with van der Waals surface area (Å²) >= 11 is 0. The van der Waals surface area contributed by atoms with Crippen molar-refractivity contribution in [2.24, 2.45) is 5.73 Å². The van der Waals surface area contributed by atoms with Crippen LogP contribution in [0.5, 0.6) is 0 Å². The number of nitrogens with zero attached hydrogens (tertiary/aromatic N) is 1. The zero-order chi connectivity index (χ0) is 5.98. The highest BCUT2D eigenvalue weighted by Crippen LogP contribution is 1.89. The molecule has 0 saturated heterocycles. The second kappa shape index (κ2) is 1.65. The number of amidine groups is 1. The van der Waals surface area contributed by atoms with Gasteiger partial charge < -0.3 is 10.2 Å². The molecule has 0 aliphatic rings. The molecule has 0 fully saturated rings. The molecule has 0 aliphatic heterocycles. The molecule has 8 heavy (non-hydrogen) atoms. The van der Waals surface area contributed by atoms with E-state index in [4.69, 9.17) is 11.1 Å². The van der Waals surface area contributed by atoms with E-state index in [1.54, 1.807) is 0 Å². The summed E-state index contributed by atoms with van der Waals surface area (Å²) in [5, 5.41) is 6.81. The van der Waals surface area contributed by atoms with Gasteiger partial charge in [0.05, 0.1) is 0 Å². The molecule has 0 aromatic carbocycles. The van der Waals surface area contributed by atoms with Crippen molar-refractivity contribution < 1.29 is 4.42 Å². The number of hydrogen-bond acceptors (Lipinski definition) is 3. The Balaban J connectivity index is 2.93. The second-order valence-electron chi connectivity index (χ2n) is 1.29. The fraction of sp³-hybridized carbons (Fsp3) is 0.